The fraction of sp³-hybridized carbons (Fsp3) is 0.150. The van der Waals surface area contributed by atoms with Gasteiger partial charge < -0.3 is 9.47 Å². The average molecular weight is 341 g/mol. The second kappa shape index (κ2) is 7.04. The summed E-state index contributed by atoms with van der Waals surface area (Å²) in [6.07, 6.45) is 6.18. The van der Waals surface area contributed by atoms with E-state index in [0.717, 1.165) is 11.1 Å². The number of benzene rings is 2. The molecule has 1 aliphatic rings. The van der Waals surface area contributed by atoms with Crippen LogP contribution in [0.4, 0.5) is 0 Å². The molecule has 0 spiro atoms. The number of ether oxygens (including phenoxy) is 2. The Kier molecular flexibility index (Phi) is 4.84. The number of esters is 1. The van der Waals surface area contributed by atoms with Crippen LogP contribution in [-0.2, 0) is 9.47 Å². The lowest BCUT2D eigenvalue weighted by molar-refractivity contribution is -0.141. The van der Waals surface area contributed by atoms with Crippen molar-refractivity contribution in [2.24, 2.45) is 0 Å². The highest BCUT2D eigenvalue weighted by Crippen LogP contribution is 2.38. The first-order valence-electron chi connectivity index (χ1n) is 7.62. The number of hydrogen-bond acceptors (Lipinski definition) is 3. The molecule has 1 atom stereocenters. The second-order valence-electron chi connectivity index (χ2n) is 5.41. The largest absolute Gasteiger partial charge is 0.425 e. The van der Waals surface area contributed by atoms with Crippen LogP contribution in [0.3, 0.4) is 0 Å². The maximum Gasteiger partial charge on any atom is 0.342 e. The van der Waals surface area contributed by atoms with E-state index in [1.807, 2.05) is 48.6 Å². The van der Waals surface area contributed by atoms with Gasteiger partial charge in [-0.25, -0.2) is 4.79 Å². The first-order chi connectivity index (χ1) is 11.7. The van der Waals surface area contributed by atoms with Crippen LogP contribution in [0.25, 0.3) is 5.57 Å². The van der Waals surface area contributed by atoms with E-state index < -0.39 is 11.8 Å². The summed E-state index contributed by atoms with van der Waals surface area (Å²) >= 11 is 6.11. The van der Waals surface area contributed by atoms with Crippen LogP contribution in [0.15, 0.2) is 72.8 Å². The lowest BCUT2D eigenvalue weighted by Crippen LogP contribution is -2.39. The van der Waals surface area contributed by atoms with E-state index in [2.05, 4.69) is 0 Å². The van der Waals surface area contributed by atoms with Gasteiger partial charge >= 0.3 is 5.97 Å². The predicted molar refractivity (Wildman–Crippen MR) is 94.8 cm³/mol. The van der Waals surface area contributed by atoms with Crippen LogP contribution in [-0.4, -0.2) is 18.9 Å². The Balaban J connectivity index is 1.96. The van der Waals surface area contributed by atoms with Crippen LogP contribution >= 0.6 is 11.6 Å². The van der Waals surface area contributed by atoms with Gasteiger partial charge in [0.2, 0.25) is 5.79 Å². The third-order valence-electron chi connectivity index (χ3n) is 3.96. The van der Waals surface area contributed by atoms with Gasteiger partial charge in [0, 0.05) is 19.1 Å². The number of methoxy groups -OCH3 is 1. The first kappa shape index (κ1) is 16.5. The van der Waals surface area contributed by atoms with Crippen LogP contribution in [0.2, 0.25) is 5.02 Å². The molecule has 0 bridgehead atoms. The average Bonchev–Trinajstić information content (AvgIpc) is 2.63. The molecule has 0 aromatic heterocycles. The van der Waals surface area contributed by atoms with Crippen molar-refractivity contribution in [1.29, 1.82) is 0 Å². The van der Waals surface area contributed by atoms with Crippen molar-refractivity contribution in [2.45, 2.75) is 12.2 Å². The van der Waals surface area contributed by atoms with E-state index in [4.69, 9.17) is 21.1 Å². The summed E-state index contributed by atoms with van der Waals surface area (Å²) in [5.74, 6) is -1.69. The van der Waals surface area contributed by atoms with E-state index in [-0.39, 0.29) is 0 Å². The van der Waals surface area contributed by atoms with Crippen LogP contribution in [0.5, 0.6) is 0 Å². The molecule has 2 aromatic rings. The molecule has 0 saturated carbocycles. The summed E-state index contributed by atoms with van der Waals surface area (Å²) < 4.78 is 11.5. The molecule has 0 fully saturated rings. The molecular weight excluding hydrogens is 324 g/mol. The van der Waals surface area contributed by atoms with Gasteiger partial charge in [0.15, 0.2) is 0 Å². The van der Waals surface area contributed by atoms with Gasteiger partial charge in [-0.3, -0.25) is 0 Å². The monoisotopic (exact) mass is 340 g/mol. The molecule has 0 heterocycles. The highest BCUT2D eigenvalue weighted by atomic mass is 35.5. The van der Waals surface area contributed by atoms with Crippen molar-refractivity contribution in [2.75, 3.05) is 7.11 Å². The molecular formula is C20H17ClO3. The summed E-state index contributed by atoms with van der Waals surface area (Å²) in [6.45, 7) is 0. The molecule has 2 aromatic carbocycles. The molecule has 0 aliphatic heterocycles. The Morgan fingerprint density at radius 2 is 1.79 bits per heavy atom. The number of hydrogen-bond donors (Lipinski definition) is 0. The van der Waals surface area contributed by atoms with Crippen molar-refractivity contribution < 1.29 is 14.3 Å². The zero-order valence-corrected chi connectivity index (χ0v) is 14.0. The zero-order chi connectivity index (χ0) is 17.0. The van der Waals surface area contributed by atoms with Crippen LogP contribution < -0.4 is 0 Å². The fourth-order valence-electron chi connectivity index (χ4n) is 2.72. The maximum absolute atomic E-state index is 12.6. The summed E-state index contributed by atoms with van der Waals surface area (Å²) in [5, 5.41) is 0.352. The number of allylic oxidation sites excluding steroid dienone is 2. The van der Waals surface area contributed by atoms with E-state index in [1.54, 1.807) is 24.3 Å². The summed E-state index contributed by atoms with van der Waals surface area (Å²) in [6, 6.07) is 16.5. The standard InChI is InChI=1S/C20H17ClO3/c1-23-20(24-19(22)16-11-5-6-13-18(16)21)14-8-7-12-17(20)15-9-3-2-4-10-15/h2-13H,14H2,1H3. The maximum atomic E-state index is 12.6. The van der Waals surface area contributed by atoms with Gasteiger partial charge in [0.25, 0.3) is 0 Å². The minimum atomic E-state index is -1.17. The zero-order valence-electron chi connectivity index (χ0n) is 13.2. The smallest absolute Gasteiger partial charge is 0.342 e. The van der Waals surface area contributed by atoms with Crippen molar-refractivity contribution in [1.82, 2.24) is 0 Å². The Morgan fingerprint density at radius 1 is 1.08 bits per heavy atom. The van der Waals surface area contributed by atoms with Crippen molar-refractivity contribution >= 4 is 23.1 Å². The molecule has 0 N–H and O–H groups in total. The molecule has 122 valence electrons. The Hall–Kier alpha value is -2.36. The molecule has 24 heavy (non-hydrogen) atoms. The third kappa shape index (κ3) is 3.14. The summed E-state index contributed by atoms with van der Waals surface area (Å²) in [7, 11) is 1.54. The Morgan fingerprint density at radius 3 is 2.50 bits per heavy atom. The minimum absolute atomic E-state index is 0.317. The molecule has 1 aliphatic carbocycles. The number of carbonyl (C=O) groups excluding carboxylic acids is 1. The predicted octanol–water partition coefficient (Wildman–Crippen LogP) is 4.88. The number of carbonyl (C=O) groups is 1. The Labute approximate surface area is 146 Å². The topological polar surface area (TPSA) is 35.5 Å². The Bertz CT molecular complexity index is 796. The van der Waals surface area contributed by atoms with Gasteiger partial charge in [0.1, 0.15) is 0 Å². The van der Waals surface area contributed by atoms with Gasteiger partial charge in [-0.05, 0) is 17.7 Å². The van der Waals surface area contributed by atoms with Crippen LogP contribution in [0, 0.1) is 0 Å². The van der Waals surface area contributed by atoms with Gasteiger partial charge in [-0.2, -0.15) is 0 Å². The molecule has 3 rings (SSSR count). The SMILES string of the molecule is COC1(OC(=O)c2ccccc2Cl)CC=CC=C1c1ccccc1. The van der Waals surface area contributed by atoms with Crippen molar-refractivity contribution in [3.63, 3.8) is 0 Å². The lowest BCUT2D eigenvalue weighted by atomic mass is 9.91. The fourth-order valence-corrected chi connectivity index (χ4v) is 2.93. The normalized spacial score (nSPS) is 19.7. The first-order valence-corrected chi connectivity index (χ1v) is 8.00. The molecule has 3 nitrogen and oxygen atoms in total. The van der Waals surface area contributed by atoms with Crippen LogP contribution in [0.1, 0.15) is 22.3 Å². The van der Waals surface area contributed by atoms with E-state index >= 15 is 0 Å². The molecule has 0 amide bonds. The van der Waals surface area contributed by atoms with Crippen molar-refractivity contribution in [3.05, 3.63) is 89.0 Å². The number of halogens is 1. The van der Waals surface area contributed by atoms with E-state index in [9.17, 15) is 4.79 Å². The third-order valence-corrected chi connectivity index (χ3v) is 4.29. The second-order valence-corrected chi connectivity index (χ2v) is 5.81. The highest BCUT2D eigenvalue weighted by molar-refractivity contribution is 6.33. The highest BCUT2D eigenvalue weighted by Gasteiger charge is 2.40. The molecule has 4 heteroatoms. The van der Waals surface area contributed by atoms with Gasteiger partial charge in [-0.15, -0.1) is 0 Å². The van der Waals surface area contributed by atoms with Crippen molar-refractivity contribution in [3.8, 4) is 0 Å². The number of rotatable bonds is 4. The van der Waals surface area contributed by atoms with Gasteiger partial charge in [0.05, 0.1) is 10.6 Å². The molecule has 0 saturated heterocycles. The molecule has 0 radical (unpaired) electrons. The lowest BCUT2D eigenvalue weighted by Gasteiger charge is -2.35. The minimum Gasteiger partial charge on any atom is -0.425 e. The summed E-state index contributed by atoms with van der Waals surface area (Å²) in [4.78, 5) is 12.6. The molecule has 1 unspecified atom stereocenters. The van der Waals surface area contributed by atoms with Gasteiger partial charge in [-0.1, -0.05) is 72.3 Å². The van der Waals surface area contributed by atoms with E-state index in [0.29, 0.717) is 17.0 Å². The quantitative estimate of drug-likeness (QED) is 0.587. The van der Waals surface area contributed by atoms with E-state index in [1.165, 1.54) is 7.11 Å². The summed E-state index contributed by atoms with van der Waals surface area (Å²) in [5.41, 5.74) is 2.06.